The molecule has 1 aliphatic rings. The summed E-state index contributed by atoms with van der Waals surface area (Å²) in [7, 11) is 0. The topological polar surface area (TPSA) is 38.0 Å². The summed E-state index contributed by atoms with van der Waals surface area (Å²) < 4.78 is 2.02. The summed E-state index contributed by atoms with van der Waals surface area (Å²) in [6.45, 7) is 9.26. The van der Waals surface area contributed by atoms with Crippen molar-refractivity contribution in [3.05, 3.63) is 75.9 Å². The highest BCUT2D eigenvalue weighted by molar-refractivity contribution is 6.30. The molecule has 1 heterocycles. The molecule has 0 spiro atoms. The fourth-order valence-electron chi connectivity index (χ4n) is 3.96. The zero-order valence-corrected chi connectivity index (χ0v) is 16.3. The quantitative estimate of drug-likeness (QED) is 0.683. The Morgan fingerprint density at radius 3 is 2.35 bits per heavy atom. The van der Waals surface area contributed by atoms with E-state index in [1.807, 2.05) is 47.1 Å². The maximum atomic E-state index is 12.1. The number of nitrogens with zero attached hydrogens (tertiary/aromatic N) is 2. The first-order chi connectivity index (χ1) is 12.3. The van der Waals surface area contributed by atoms with E-state index in [9.17, 15) is 5.11 Å². The van der Waals surface area contributed by atoms with Crippen LogP contribution in [0.3, 0.4) is 0 Å². The molecule has 4 rings (SSSR count). The van der Waals surface area contributed by atoms with Crippen molar-refractivity contribution in [3.8, 4) is 11.3 Å². The Balaban J connectivity index is 2.12. The predicted octanol–water partition coefficient (Wildman–Crippen LogP) is 5.12. The first-order valence-corrected chi connectivity index (χ1v) is 9.36. The molecule has 0 saturated heterocycles. The number of aliphatic hydroxyl groups is 1. The van der Waals surface area contributed by atoms with Crippen molar-refractivity contribution < 1.29 is 5.11 Å². The van der Waals surface area contributed by atoms with Crippen LogP contribution < -0.4 is 0 Å². The number of aromatic nitrogens is 2. The summed E-state index contributed by atoms with van der Waals surface area (Å²) in [5.74, 6) is 0. The van der Waals surface area contributed by atoms with E-state index in [1.54, 1.807) is 0 Å². The first-order valence-electron chi connectivity index (χ1n) is 8.98. The molecule has 3 aromatic rings. The Morgan fingerprint density at radius 1 is 1.08 bits per heavy atom. The van der Waals surface area contributed by atoms with Crippen LogP contribution in [0, 0.1) is 0 Å². The molecular formula is C22H23ClN2O. The van der Waals surface area contributed by atoms with Crippen LogP contribution in [0.15, 0.2) is 48.5 Å². The molecule has 0 amide bonds. The normalized spacial score (nSPS) is 18.7. The molecule has 26 heavy (non-hydrogen) atoms. The molecule has 0 radical (unpaired) electrons. The minimum Gasteiger partial charge on any atom is -0.376 e. The van der Waals surface area contributed by atoms with Gasteiger partial charge in [-0.05, 0) is 24.6 Å². The molecule has 1 atom stereocenters. The van der Waals surface area contributed by atoms with E-state index in [2.05, 4.69) is 33.8 Å². The monoisotopic (exact) mass is 366 g/mol. The van der Waals surface area contributed by atoms with E-state index in [0.717, 1.165) is 40.2 Å². The molecule has 2 aromatic carbocycles. The number of hydrogen-bond acceptors (Lipinski definition) is 2. The summed E-state index contributed by atoms with van der Waals surface area (Å²) in [4.78, 5) is 0. The van der Waals surface area contributed by atoms with Crippen LogP contribution in [0.25, 0.3) is 11.3 Å². The van der Waals surface area contributed by atoms with Crippen LogP contribution in [0.2, 0.25) is 5.02 Å². The summed E-state index contributed by atoms with van der Waals surface area (Å²) in [6, 6.07) is 15.5. The standard InChI is InChI=1S/C22H23ClN2O/c1-5-25-19-16-8-6-7-9-17(16)22(26,14-10-12-15(23)13-11-14)18(19)20(24-25)21(2,3)4/h6-13,26H,5H2,1-4H3. The fourth-order valence-corrected chi connectivity index (χ4v) is 4.09. The third-order valence-corrected chi connectivity index (χ3v) is 5.41. The van der Waals surface area contributed by atoms with Crippen molar-refractivity contribution in [2.24, 2.45) is 0 Å². The van der Waals surface area contributed by atoms with Gasteiger partial charge in [0.05, 0.1) is 11.4 Å². The zero-order valence-electron chi connectivity index (χ0n) is 15.5. The van der Waals surface area contributed by atoms with Gasteiger partial charge in [0.25, 0.3) is 0 Å². The largest absolute Gasteiger partial charge is 0.376 e. The third-order valence-electron chi connectivity index (χ3n) is 5.16. The number of aryl methyl sites for hydroxylation is 1. The Labute approximate surface area is 159 Å². The summed E-state index contributed by atoms with van der Waals surface area (Å²) in [5.41, 5.74) is 4.20. The average Bonchev–Trinajstić information content (AvgIpc) is 3.12. The highest BCUT2D eigenvalue weighted by atomic mass is 35.5. The minimum absolute atomic E-state index is 0.188. The van der Waals surface area contributed by atoms with Crippen molar-refractivity contribution in [1.29, 1.82) is 0 Å². The third kappa shape index (κ3) is 2.27. The smallest absolute Gasteiger partial charge is 0.145 e. The van der Waals surface area contributed by atoms with Crippen molar-refractivity contribution in [1.82, 2.24) is 9.78 Å². The highest BCUT2D eigenvalue weighted by Gasteiger charge is 2.49. The van der Waals surface area contributed by atoms with E-state index in [1.165, 1.54) is 0 Å². The van der Waals surface area contributed by atoms with Gasteiger partial charge in [0.15, 0.2) is 0 Å². The van der Waals surface area contributed by atoms with E-state index in [4.69, 9.17) is 16.7 Å². The highest BCUT2D eigenvalue weighted by Crippen LogP contribution is 2.53. The average molecular weight is 367 g/mol. The van der Waals surface area contributed by atoms with Crippen LogP contribution in [0.5, 0.6) is 0 Å². The second kappa shape index (κ2) is 5.70. The van der Waals surface area contributed by atoms with Gasteiger partial charge in [-0.2, -0.15) is 5.10 Å². The van der Waals surface area contributed by atoms with Gasteiger partial charge < -0.3 is 5.11 Å². The lowest BCUT2D eigenvalue weighted by Gasteiger charge is -2.29. The zero-order chi connectivity index (χ0) is 18.7. The first kappa shape index (κ1) is 17.3. The summed E-state index contributed by atoms with van der Waals surface area (Å²) in [5, 5.41) is 17.7. The number of halogens is 1. The predicted molar refractivity (Wildman–Crippen MR) is 106 cm³/mol. The second-order valence-corrected chi connectivity index (χ2v) is 8.34. The van der Waals surface area contributed by atoms with Crippen LogP contribution >= 0.6 is 11.6 Å². The summed E-state index contributed by atoms with van der Waals surface area (Å²) >= 11 is 6.10. The Bertz CT molecular complexity index is 982. The van der Waals surface area contributed by atoms with Gasteiger partial charge in [-0.1, -0.05) is 68.8 Å². The molecular weight excluding hydrogens is 344 g/mol. The molecule has 3 nitrogen and oxygen atoms in total. The van der Waals surface area contributed by atoms with Gasteiger partial charge >= 0.3 is 0 Å². The van der Waals surface area contributed by atoms with Gasteiger partial charge in [-0.3, -0.25) is 4.68 Å². The van der Waals surface area contributed by atoms with Crippen LogP contribution in [0.1, 0.15) is 50.1 Å². The summed E-state index contributed by atoms with van der Waals surface area (Å²) in [6.07, 6.45) is 0. The van der Waals surface area contributed by atoms with Crippen molar-refractivity contribution in [2.75, 3.05) is 0 Å². The van der Waals surface area contributed by atoms with Gasteiger partial charge in [0, 0.05) is 33.7 Å². The molecule has 1 aromatic heterocycles. The number of benzene rings is 2. The lowest BCUT2D eigenvalue weighted by molar-refractivity contribution is 0.128. The van der Waals surface area contributed by atoms with E-state index >= 15 is 0 Å². The SMILES string of the molecule is CCn1nc(C(C)(C)C)c2c1-c1ccccc1C2(O)c1ccc(Cl)cc1. The van der Waals surface area contributed by atoms with Crippen molar-refractivity contribution in [2.45, 2.75) is 45.3 Å². The molecule has 0 aliphatic heterocycles. The molecule has 134 valence electrons. The molecule has 0 fully saturated rings. The molecule has 1 aliphatic carbocycles. The lowest BCUT2D eigenvalue weighted by Crippen LogP contribution is -2.29. The Morgan fingerprint density at radius 2 is 1.73 bits per heavy atom. The molecule has 4 heteroatoms. The van der Waals surface area contributed by atoms with E-state index < -0.39 is 5.60 Å². The minimum atomic E-state index is -1.23. The van der Waals surface area contributed by atoms with Crippen LogP contribution in [0.4, 0.5) is 0 Å². The maximum absolute atomic E-state index is 12.1. The van der Waals surface area contributed by atoms with Gasteiger partial charge in [0.2, 0.25) is 0 Å². The molecule has 1 unspecified atom stereocenters. The molecule has 1 N–H and O–H groups in total. The van der Waals surface area contributed by atoms with Crippen LogP contribution in [-0.4, -0.2) is 14.9 Å². The van der Waals surface area contributed by atoms with E-state index in [0.29, 0.717) is 5.02 Å². The lowest BCUT2D eigenvalue weighted by atomic mass is 9.79. The number of hydrogen-bond donors (Lipinski definition) is 1. The maximum Gasteiger partial charge on any atom is 0.145 e. The second-order valence-electron chi connectivity index (χ2n) is 7.90. The van der Waals surface area contributed by atoms with Gasteiger partial charge in [-0.15, -0.1) is 0 Å². The van der Waals surface area contributed by atoms with Crippen LogP contribution in [-0.2, 0) is 17.6 Å². The Kier molecular flexibility index (Phi) is 3.80. The van der Waals surface area contributed by atoms with Crippen molar-refractivity contribution >= 4 is 11.6 Å². The Hall–Kier alpha value is -2.10. The van der Waals surface area contributed by atoms with E-state index in [-0.39, 0.29) is 5.41 Å². The van der Waals surface area contributed by atoms with Gasteiger partial charge in [0.1, 0.15) is 5.60 Å². The molecule has 0 saturated carbocycles. The fraction of sp³-hybridized carbons (Fsp3) is 0.318. The number of fused-ring (bicyclic) bond motifs is 3. The van der Waals surface area contributed by atoms with Gasteiger partial charge in [-0.25, -0.2) is 0 Å². The van der Waals surface area contributed by atoms with Crippen molar-refractivity contribution in [3.63, 3.8) is 0 Å². The molecule has 0 bridgehead atoms. The number of rotatable bonds is 2.